The summed E-state index contributed by atoms with van der Waals surface area (Å²) in [6.45, 7) is -1.14. The molecule has 2 aromatic heterocycles. The number of H-pyrrole nitrogens is 1. The molecule has 2 heterocycles. The molecule has 166 valence electrons. The van der Waals surface area contributed by atoms with Gasteiger partial charge in [-0.1, -0.05) is 6.07 Å². The van der Waals surface area contributed by atoms with Gasteiger partial charge in [-0.2, -0.15) is 22.0 Å². The van der Waals surface area contributed by atoms with E-state index in [1.165, 1.54) is 0 Å². The van der Waals surface area contributed by atoms with E-state index in [1.807, 2.05) is 0 Å². The smallest absolute Gasteiger partial charge is 0.377 e. The quantitative estimate of drug-likeness (QED) is 0.426. The Morgan fingerprint density at radius 1 is 1.06 bits per heavy atom. The average Bonchev–Trinajstić information content (AvgIpc) is 3.05. The summed E-state index contributed by atoms with van der Waals surface area (Å²) in [5.41, 5.74) is -5.98. The molecule has 3 aromatic rings. The van der Waals surface area contributed by atoms with Gasteiger partial charge in [0.05, 0.1) is 13.0 Å². The molecule has 0 aliphatic carbocycles. The van der Waals surface area contributed by atoms with Gasteiger partial charge in [0.25, 0.3) is 0 Å². The van der Waals surface area contributed by atoms with Gasteiger partial charge in [-0.3, -0.25) is 4.98 Å². The minimum absolute atomic E-state index is 0.287. The zero-order chi connectivity index (χ0) is 23.0. The van der Waals surface area contributed by atoms with E-state index in [0.717, 1.165) is 6.07 Å². The number of halogens is 7. The van der Waals surface area contributed by atoms with E-state index in [0.29, 0.717) is 29.1 Å². The molecule has 0 radical (unpaired) electrons. The molecule has 1 unspecified atom stereocenters. The molecule has 0 fully saturated rings. The SMILES string of the molecule is OC(Cn1nn[nH]c1=S)(c1ccc(F)cc1F)C(F)(F)c1ccc(CC(F)(F)F)cn1. The fourth-order valence-corrected chi connectivity index (χ4v) is 3.02. The second-order valence-electron chi connectivity index (χ2n) is 6.57. The first-order chi connectivity index (χ1) is 14.3. The predicted octanol–water partition coefficient (Wildman–Crippen LogP) is 3.79. The largest absolute Gasteiger partial charge is 0.393 e. The lowest BCUT2D eigenvalue weighted by molar-refractivity contribution is -0.208. The third kappa shape index (κ3) is 4.58. The molecule has 0 aliphatic heterocycles. The molecule has 1 atom stereocenters. The molecule has 3 rings (SSSR count). The Morgan fingerprint density at radius 2 is 1.77 bits per heavy atom. The molecule has 14 heteroatoms. The average molecular weight is 467 g/mol. The topological polar surface area (TPSA) is 79.6 Å². The van der Waals surface area contributed by atoms with E-state index >= 15 is 8.78 Å². The van der Waals surface area contributed by atoms with Crippen molar-refractivity contribution in [3.8, 4) is 0 Å². The van der Waals surface area contributed by atoms with Gasteiger partial charge in [0.15, 0.2) is 5.60 Å². The lowest BCUT2D eigenvalue weighted by Gasteiger charge is -2.35. The molecule has 0 aliphatic rings. The highest BCUT2D eigenvalue weighted by molar-refractivity contribution is 7.71. The first kappa shape index (κ1) is 22.8. The Labute approximate surface area is 174 Å². The lowest BCUT2D eigenvalue weighted by Crippen LogP contribution is -2.48. The summed E-state index contributed by atoms with van der Waals surface area (Å²) < 4.78 is 96.5. The van der Waals surface area contributed by atoms with Gasteiger partial charge in [0.1, 0.15) is 17.3 Å². The number of nitrogens with one attached hydrogen (secondary N) is 1. The van der Waals surface area contributed by atoms with E-state index in [1.54, 1.807) is 0 Å². The Balaban J connectivity index is 2.11. The maximum absolute atomic E-state index is 15.5. The van der Waals surface area contributed by atoms with Crippen molar-refractivity contribution in [3.05, 3.63) is 69.8 Å². The van der Waals surface area contributed by atoms with Crippen LogP contribution < -0.4 is 0 Å². The second-order valence-corrected chi connectivity index (χ2v) is 6.95. The van der Waals surface area contributed by atoms with Crippen LogP contribution in [-0.2, 0) is 24.5 Å². The van der Waals surface area contributed by atoms with Gasteiger partial charge >= 0.3 is 12.1 Å². The number of tetrazole rings is 1. The third-order valence-electron chi connectivity index (χ3n) is 4.36. The van der Waals surface area contributed by atoms with Crippen LogP contribution in [0.1, 0.15) is 16.8 Å². The minimum Gasteiger partial charge on any atom is -0.377 e. The Hall–Kier alpha value is -2.87. The highest BCUT2D eigenvalue weighted by Crippen LogP contribution is 2.46. The van der Waals surface area contributed by atoms with Gasteiger partial charge in [-0.05, 0) is 46.4 Å². The van der Waals surface area contributed by atoms with Crippen LogP contribution >= 0.6 is 12.2 Å². The minimum atomic E-state index is -4.59. The molecule has 31 heavy (non-hydrogen) atoms. The number of hydrogen-bond acceptors (Lipinski definition) is 5. The number of pyridine rings is 1. The van der Waals surface area contributed by atoms with Gasteiger partial charge in [0, 0.05) is 17.8 Å². The zero-order valence-corrected chi connectivity index (χ0v) is 16.0. The van der Waals surface area contributed by atoms with E-state index in [4.69, 9.17) is 12.2 Å². The van der Waals surface area contributed by atoms with Crippen LogP contribution in [0.4, 0.5) is 30.7 Å². The van der Waals surface area contributed by atoms with Crippen molar-refractivity contribution >= 4 is 12.2 Å². The summed E-state index contributed by atoms with van der Waals surface area (Å²) in [5.74, 6) is -6.96. The first-order valence-corrected chi connectivity index (χ1v) is 8.80. The maximum atomic E-state index is 15.5. The van der Waals surface area contributed by atoms with Gasteiger partial charge in [-0.15, -0.1) is 0 Å². The summed E-state index contributed by atoms with van der Waals surface area (Å²) in [4.78, 5) is 3.34. The molecule has 0 spiro atoms. The van der Waals surface area contributed by atoms with E-state index in [2.05, 4.69) is 20.5 Å². The van der Waals surface area contributed by atoms with E-state index in [-0.39, 0.29) is 10.8 Å². The van der Waals surface area contributed by atoms with Crippen LogP contribution in [0.15, 0.2) is 36.5 Å². The number of rotatable bonds is 6. The van der Waals surface area contributed by atoms with Crippen molar-refractivity contribution in [1.29, 1.82) is 0 Å². The molecule has 0 bridgehead atoms. The van der Waals surface area contributed by atoms with Gasteiger partial charge < -0.3 is 5.11 Å². The van der Waals surface area contributed by atoms with Crippen molar-refractivity contribution in [2.75, 3.05) is 0 Å². The molecule has 0 saturated carbocycles. The lowest BCUT2D eigenvalue weighted by atomic mass is 9.84. The summed E-state index contributed by atoms with van der Waals surface area (Å²) in [6.07, 6.45) is -5.43. The second kappa shape index (κ2) is 8.00. The number of aliphatic hydroxyl groups is 1. The number of alkyl halides is 5. The van der Waals surface area contributed by atoms with Crippen molar-refractivity contribution in [2.45, 2.75) is 30.7 Å². The van der Waals surface area contributed by atoms with Crippen molar-refractivity contribution in [1.82, 2.24) is 25.2 Å². The van der Waals surface area contributed by atoms with Crippen LogP contribution in [0.25, 0.3) is 0 Å². The van der Waals surface area contributed by atoms with Gasteiger partial charge in [-0.25, -0.2) is 18.6 Å². The predicted molar refractivity (Wildman–Crippen MR) is 93.4 cm³/mol. The summed E-state index contributed by atoms with van der Waals surface area (Å²) in [7, 11) is 0. The van der Waals surface area contributed by atoms with Crippen LogP contribution in [0.5, 0.6) is 0 Å². The monoisotopic (exact) mass is 467 g/mol. The number of benzene rings is 1. The Morgan fingerprint density at radius 3 is 2.29 bits per heavy atom. The van der Waals surface area contributed by atoms with Crippen LogP contribution in [0.3, 0.4) is 0 Å². The molecule has 2 N–H and O–H groups in total. The molecule has 0 amide bonds. The Bertz CT molecular complexity index is 1130. The fraction of sp³-hybridized carbons (Fsp3) is 0.294. The molecule has 6 nitrogen and oxygen atoms in total. The fourth-order valence-electron chi connectivity index (χ4n) is 2.87. The normalized spacial score (nSPS) is 14.5. The first-order valence-electron chi connectivity index (χ1n) is 8.39. The zero-order valence-electron chi connectivity index (χ0n) is 15.2. The number of nitrogens with zero attached hydrogens (tertiary/aromatic N) is 4. The van der Waals surface area contributed by atoms with Crippen LogP contribution in [0, 0.1) is 16.4 Å². The van der Waals surface area contributed by atoms with Crippen molar-refractivity contribution in [2.24, 2.45) is 0 Å². The highest BCUT2D eigenvalue weighted by atomic mass is 32.1. The summed E-state index contributed by atoms with van der Waals surface area (Å²) >= 11 is 4.81. The van der Waals surface area contributed by atoms with E-state index in [9.17, 15) is 27.1 Å². The number of aromatic amines is 1. The maximum Gasteiger partial charge on any atom is 0.393 e. The highest BCUT2D eigenvalue weighted by Gasteiger charge is 2.58. The van der Waals surface area contributed by atoms with Crippen LogP contribution in [0.2, 0.25) is 0 Å². The molecule has 1 aromatic carbocycles. The van der Waals surface area contributed by atoms with Crippen molar-refractivity contribution in [3.63, 3.8) is 0 Å². The number of hydrogen-bond donors (Lipinski definition) is 2. The number of aromatic nitrogens is 5. The van der Waals surface area contributed by atoms with Crippen LogP contribution in [-0.4, -0.2) is 36.5 Å². The Kier molecular flexibility index (Phi) is 5.88. The third-order valence-corrected chi connectivity index (χ3v) is 4.66. The standard InChI is InChI=1S/C17H12F7N5OS/c18-10-2-3-11(12(19)5-10)15(30,8-29-14(31)26-27-28-29)17(23,24)13-4-1-9(7-25-13)6-16(20,21)22/h1-5,7,30H,6,8H2,(H,26,28,31). The molecule has 0 saturated heterocycles. The van der Waals surface area contributed by atoms with Crippen molar-refractivity contribution < 1.29 is 35.8 Å². The molecular formula is C17H12F7N5OS. The summed E-state index contributed by atoms with van der Waals surface area (Å²) in [5, 5.41) is 19.9. The molecular weight excluding hydrogens is 455 g/mol. The van der Waals surface area contributed by atoms with E-state index < -0.39 is 59.1 Å². The van der Waals surface area contributed by atoms with Gasteiger partial charge in [0.2, 0.25) is 4.77 Å². The summed E-state index contributed by atoms with van der Waals surface area (Å²) in [6, 6.07) is 2.89.